The summed E-state index contributed by atoms with van der Waals surface area (Å²) in [6.07, 6.45) is 2.37. The molecular weight excluding hydrogens is 128 g/mol. The Kier molecular flexibility index (Phi) is 1.71. The van der Waals surface area contributed by atoms with Crippen LogP contribution in [0.15, 0.2) is 0 Å². The zero-order valence-electron chi connectivity index (χ0n) is 6.81. The standard InChI is InChI=1S/C8H14O2/c1-8(2,6-4-5-6)7(9)10-3/h6H,4-5H2,1-3H3. The summed E-state index contributed by atoms with van der Waals surface area (Å²) in [6, 6.07) is 0. The minimum atomic E-state index is -0.241. The quantitative estimate of drug-likeness (QED) is 0.547. The highest BCUT2D eigenvalue weighted by Crippen LogP contribution is 2.45. The summed E-state index contributed by atoms with van der Waals surface area (Å²) in [5, 5.41) is 0. The molecule has 0 bridgehead atoms. The molecule has 1 saturated carbocycles. The third-order valence-corrected chi connectivity index (χ3v) is 2.31. The molecule has 1 rings (SSSR count). The minimum Gasteiger partial charge on any atom is -0.469 e. The monoisotopic (exact) mass is 142 g/mol. The van der Waals surface area contributed by atoms with Crippen molar-refractivity contribution in [2.75, 3.05) is 7.11 Å². The van der Waals surface area contributed by atoms with E-state index in [0.29, 0.717) is 5.92 Å². The number of esters is 1. The van der Waals surface area contributed by atoms with Crippen LogP contribution in [0.5, 0.6) is 0 Å². The molecule has 0 aromatic heterocycles. The van der Waals surface area contributed by atoms with Gasteiger partial charge < -0.3 is 4.74 Å². The van der Waals surface area contributed by atoms with Crippen molar-refractivity contribution in [3.63, 3.8) is 0 Å². The number of methoxy groups -OCH3 is 1. The van der Waals surface area contributed by atoms with Gasteiger partial charge in [0, 0.05) is 0 Å². The summed E-state index contributed by atoms with van der Waals surface area (Å²) in [5.41, 5.74) is -0.241. The number of carbonyl (C=O) groups excluding carboxylic acids is 1. The van der Waals surface area contributed by atoms with E-state index in [1.54, 1.807) is 0 Å². The van der Waals surface area contributed by atoms with E-state index >= 15 is 0 Å². The molecule has 0 aromatic carbocycles. The van der Waals surface area contributed by atoms with Gasteiger partial charge in [-0.2, -0.15) is 0 Å². The van der Waals surface area contributed by atoms with Gasteiger partial charge in [-0.25, -0.2) is 0 Å². The molecule has 1 aliphatic carbocycles. The highest BCUT2D eigenvalue weighted by atomic mass is 16.5. The third kappa shape index (κ3) is 1.15. The maximum Gasteiger partial charge on any atom is 0.311 e. The highest BCUT2D eigenvalue weighted by Gasteiger charge is 2.44. The van der Waals surface area contributed by atoms with Crippen molar-refractivity contribution in [2.24, 2.45) is 11.3 Å². The molecule has 0 unspecified atom stereocenters. The Hall–Kier alpha value is -0.530. The number of hydrogen-bond acceptors (Lipinski definition) is 2. The Labute approximate surface area is 61.6 Å². The van der Waals surface area contributed by atoms with E-state index in [4.69, 9.17) is 0 Å². The van der Waals surface area contributed by atoms with Gasteiger partial charge in [-0.3, -0.25) is 4.79 Å². The molecule has 0 aliphatic heterocycles. The summed E-state index contributed by atoms with van der Waals surface area (Å²) < 4.78 is 4.68. The summed E-state index contributed by atoms with van der Waals surface area (Å²) in [5.74, 6) is 0.495. The lowest BCUT2D eigenvalue weighted by Crippen LogP contribution is -2.27. The molecule has 0 aromatic rings. The first-order valence-electron chi connectivity index (χ1n) is 3.67. The Balaban J connectivity index is 2.56. The zero-order valence-corrected chi connectivity index (χ0v) is 6.81. The predicted octanol–water partition coefficient (Wildman–Crippen LogP) is 1.60. The fraction of sp³-hybridized carbons (Fsp3) is 0.875. The lowest BCUT2D eigenvalue weighted by atomic mass is 9.88. The van der Waals surface area contributed by atoms with Crippen molar-refractivity contribution in [1.29, 1.82) is 0 Å². The van der Waals surface area contributed by atoms with Gasteiger partial charge in [-0.1, -0.05) is 0 Å². The number of hydrogen-bond donors (Lipinski definition) is 0. The van der Waals surface area contributed by atoms with Crippen molar-refractivity contribution in [3.05, 3.63) is 0 Å². The third-order valence-electron chi connectivity index (χ3n) is 2.31. The van der Waals surface area contributed by atoms with E-state index in [-0.39, 0.29) is 11.4 Å². The summed E-state index contributed by atoms with van der Waals surface area (Å²) in [4.78, 5) is 11.1. The normalized spacial score (nSPS) is 18.7. The predicted molar refractivity (Wildman–Crippen MR) is 38.5 cm³/mol. The van der Waals surface area contributed by atoms with Crippen LogP contribution in [0.3, 0.4) is 0 Å². The molecule has 1 aliphatic rings. The molecule has 0 spiro atoms. The number of rotatable bonds is 2. The SMILES string of the molecule is COC(=O)C(C)(C)C1CC1. The second-order valence-electron chi connectivity index (χ2n) is 3.49. The molecule has 2 nitrogen and oxygen atoms in total. The second kappa shape index (κ2) is 2.26. The highest BCUT2D eigenvalue weighted by molar-refractivity contribution is 5.76. The lowest BCUT2D eigenvalue weighted by Gasteiger charge is -2.19. The van der Waals surface area contributed by atoms with Crippen LogP contribution in [0, 0.1) is 11.3 Å². The first-order chi connectivity index (χ1) is 4.59. The smallest absolute Gasteiger partial charge is 0.311 e. The van der Waals surface area contributed by atoms with Crippen molar-refractivity contribution in [1.82, 2.24) is 0 Å². The summed E-state index contributed by atoms with van der Waals surface area (Å²) in [7, 11) is 1.45. The summed E-state index contributed by atoms with van der Waals surface area (Å²) >= 11 is 0. The molecule has 0 saturated heterocycles. The molecule has 0 atom stereocenters. The Bertz CT molecular complexity index is 145. The van der Waals surface area contributed by atoms with Crippen LogP contribution in [0.1, 0.15) is 26.7 Å². The Morgan fingerprint density at radius 2 is 2.00 bits per heavy atom. The fourth-order valence-corrected chi connectivity index (χ4v) is 1.23. The lowest BCUT2D eigenvalue weighted by molar-refractivity contribution is -0.151. The fourth-order valence-electron chi connectivity index (χ4n) is 1.23. The second-order valence-corrected chi connectivity index (χ2v) is 3.49. The topological polar surface area (TPSA) is 26.3 Å². The molecule has 0 N–H and O–H groups in total. The van der Waals surface area contributed by atoms with Gasteiger partial charge in [0.1, 0.15) is 0 Å². The van der Waals surface area contributed by atoms with Crippen LogP contribution < -0.4 is 0 Å². The molecule has 58 valence electrons. The van der Waals surface area contributed by atoms with Crippen molar-refractivity contribution < 1.29 is 9.53 Å². The van der Waals surface area contributed by atoms with Crippen LogP contribution in [0.25, 0.3) is 0 Å². The number of ether oxygens (including phenoxy) is 1. The van der Waals surface area contributed by atoms with E-state index in [1.807, 2.05) is 13.8 Å². The van der Waals surface area contributed by atoms with Crippen LogP contribution in [-0.2, 0) is 9.53 Å². The molecule has 1 fully saturated rings. The van der Waals surface area contributed by atoms with Crippen LogP contribution in [-0.4, -0.2) is 13.1 Å². The first-order valence-corrected chi connectivity index (χ1v) is 3.67. The van der Waals surface area contributed by atoms with Crippen LogP contribution in [0.2, 0.25) is 0 Å². The largest absolute Gasteiger partial charge is 0.469 e. The Morgan fingerprint density at radius 3 is 2.30 bits per heavy atom. The number of carbonyl (C=O) groups is 1. The van der Waals surface area contributed by atoms with E-state index < -0.39 is 0 Å². The van der Waals surface area contributed by atoms with Gasteiger partial charge in [-0.15, -0.1) is 0 Å². The van der Waals surface area contributed by atoms with Gasteiger partial charge >= 0.3 is 5.97 Å². The van der Waals surface area contributed by atoms with E-state index in [2.05, 4.69) is 4.74 Å². The maximum absolute atomic E-state index is 11.1. The van der Waals surface area contributed by atoms with Gasteiger partial charge in [-0.05, 0) is 32.6 Å². The van der Waals surface area contributed by atoms with Crippen molar-refractivity contribution in [3.8, 4) is 0 Å². The molecule has 0 amide bonds. The van der Waals surface area contributed by atoms with Gasteiger partial charge in [0.25, 0.3) is 0 Å². The van der Waals surface area contributed by atoms with Crippen LogP contribution >= 0.6 is 0 Å². The van der Waals surface area contributed by atoms with Gasteiger partial charge in [0.15, 0.2) is 0 Å². The molecule has 0 heterocycles. The molecule has 2 heteroatoms. The maximum atomic E-state index is 11.1. The van der Waals surface area contributed by atoms with Gasteiger partial charge in [0.05, 0.1) is 12.5 Å². The van der Waals surface area contributed by atoms with E-state index in [9.17, 15) is 4.79 Å². The summed E-state index contributed by atoms with van der Waals surface area (Å²) in [6.45, 7) is 3.91. The van der Waals surface area contributed by atoms with E-state index in [1.165, 1.54) is 20.0 Å². The molecular formula is C8H14O2. The first kappa shape index (κ1) is 7.58. The molecule has 10 heavy (non-hydrogen) atoms. The van der Waals surface area contributed by atoms with Crippen molar-refractivity contribution >= 4 is 5.97 Å². The average molecular weight is 142 g/mol. The molecule has 0 radical (unpaired) electrons. The zero-order chi connectivity index (χ0) is 7.78. The van der Waals surface area contributed by atoms with Crippen LogP contribution in [0.4, 0.5) is 0 Å². The Morgan fingerprint density at radius 1 is 1.50 bits per heavy atom. The minimum absolute atomic E-state index is 0.0741. The average Bonchev–Trinajstić information content (AvgIpc) is 2.66. The van der Waals surface area contributed by atoms with Gasteiger partial charge in [0.2, 0.25) is 0 Å². The van der Waals surface area contributed by atoms with E-state index in [0.717, 1.165) is 0 Å². The van der Waals surface area contributed by atoms with Crippen molar-refractivity contribution in [2.45, 2.75) is 26.7 Å².